The summed E-state index contributed by atoms with van der Waals surface area (Å²) in [6.07, 6.45) is 1.55. The Morgan fingerprint density at radius 1 is 1.07 bits per heavy atom. The summed E-state index contributed by atoms with van der Waals surface area (Å²) >= 11 is 0. The van der Waals surface area contributed by atoms with Crippen LogP contribution < -0.4 is 0 Å². The van der Waals surface area contributed by atoms with Crippen molar-refractivity contribution in [1.29, 1.82) is 0 Å². The molecule has 0 radical (unpaired) electrons. The Morgan fingerprint density at radius 3 is 1.79 bits per heavy atom. The highest BCUT2D eigenvalue weighted by Gasteiger charge is 2.37. The van der Waals surface area contributed by atoms with Crippen LogP contribution in [0.5, 0.6) is 0 Å². The van der Waals surface area contributed by atoms with Crippen molar-refractivity contribution < 1.29 is 17.8 Å². The Bertz CT molecular complexity index is 191. The molecule has 0 unspecified atom stereocenters. The molecule has 0 aromatic heterocycles. The summed E-state index contributed by atoms with van der Waals surface area (Å²) in [6.45, 7) is 3.59. The molecule has 14 heavy (non-hydrogen) atoms. The van der Waals surface area contributed by atoms with E-state index in [1.807, 2.05) is 0 Å². The zero-order valence-corrected chi connectivity index (χ0v) is 11.6. The molecule has 0 bridgehead atoms. The summed E-state index contributed by atoms with van der Waals surface area (Å²) in [7, 11) is 0.416. The molecule has 0 saturated heterocycles. The topological polar surface area (TPSA) is 44.8 Å². The van der Waals surface area contributed by atoms with Crippen molar-refractivity contribution in [2.75, 3.05) is 40.8 Å². The van der Waals surface area contributed by atoms with E-state index in [0.717, 1.165) is 18.6 Å². The normalized spacial score (nSPS) is 13.2. The van der Waals surface area contributed by atoms with Crippen molar-refractivity contribution in [3.05, 3.63) is 0 Å². The van der Waals surface area contributed by atoms with Gasteiger partial charge in [-0.3, -0.25) is 0 Å². The van der Waals surface area contributed by atoms with Crippen molar-refractivity contribution in [2.24, 2.45) is 0 Å². The number of rotatable bonds is 7. The van der Waals surface area contributed by atoms with Gasteiger partial charge in [-0.15, -0.1) is 0 Å². The molecule has 0 heterocycles. The lowest BCUT2D eigenvalue weighted by molar-refractivity contribution is 0.123. The van der Waals surface area contributed by atoms with Gasteiger partial charge in [-0.25, -0.2) is 0 Å². The fraction of sp³-hybridized carbons (Fsp3) is 1.00. The molecule has 0 atom stereocenters. The van der Waals surface area contributed by atoms with Gasteiger partial charge in [-0.05, 0) is 19.8 Å². The first-order chi connectivity index (χ1) is 6.39. The fourth-order valence-electron chi connectivity index (χ4n) is 1.23. The van der Waals surface area contributed by atoms with E-state index in [1.165, 1.54) is 0 Å². The number of hydrogen-bond donors (Lipinski definition) is 0. The summed E-state index contributed by atoms with van der Waals surface area (Å²) in [5.74, 6) is 0. The smallest absolute Gasteiger partial charge is 0.377 e. The van der Waals surface area contributed by atoms with Crippen LogP contribution in [0.25, 0.3) is 0 Å². The average Bonchev–Trinajstić information content (AvgIpc) is 2.11. The summed E-state index contributed by atoms with van der Waals surface area (Å²) in [6, 6.07) is 0.724. The highest BCUT2D eigenvalue weighted by Crippen LogP contribution is 2.37. The van der Waals surface area contributed by atoms with Gasteiger partial charge in [-0.1, -0.05) is 0 Å². The third-order valence-corrected chi connectivity index (χ3v) is 6.34. The van der Waals surface area contributed by atoms with E-state index in [-0.39, 0.29) is 0 Å². The van der Waals surface area contributed by atoms with E-state index < -0.39 is 15.9 Å². The molecule has 6 heteroatoms. The Labute approximate surface area is 87.7 Å². The molecule has 0 aliphatic rings. The van der Waals surface area contributed by atoms with Gasteiger partial charge < -0.3 is 17.8 Å². The molecule has 0 aromatic rings. The Hall–Kier alpha value is 0.327. The van der Waals surface area contributed by atoms with Gasteiger partial charge in [-0.2, -0.15) is 0 Å². The SMILES string of the molecule is CO[Si](CCCP(C)(C)=O)(OC)OC. The van der Waals surface area contributed by atoms with Gasteiger partial charge in [0.05, 0.1) is 7.14 Å². The maximum absolute atomic E-state index is 11.5. The summed E-state index contributed by atoms with van der Waals surface area (Å²) in [5.41, 5.74) is 0. The second-order valence-corrected chi connectivity index (χ2v) is 10.4. The van der Waals surface area contributed by atoms with Crippen LogP contribution >= 0.6 is 7.14 Å². The highest BCUT2D eigenvalue weighted by molar-refractivity contribution is 7.62. The van der Waals surface area contributed by atoms with Crippen molar-refractivity contribution in [3.8, 4) is 0 Å². The van der Waals surface area contributed by atoms with Gasteiger partial charge >= 0.3 is 8.80 Å². The molecule has 4 nitrogen and oxygen atoms in total. The Morgan fingerprint density at radius 2 is 1.50 bits per heavy atom. The van der Waals surface area contributed by atoms with Crippen molar-refractivity contribution in [2.45, 2.75) is 12.5 Å². The van der Waals surface area contributed by atoms with Crippen LogP contribution in [-0.2, 0) is 17.8 Å². The maximum atomic E-state index is 11.5. The second kappa shape index (κ2) is 6.03. The second-order valence-electron chi connectivity index (χ2n) is 3.70. The number of hydrogen-bond acceptors (Lipinski definition) is 4. The van der Waals surface area contributed by atoms with E-state index in [2.05, 4.69) is 0 Å². The summed E-state index contributed by atoms with van der Waals surface area (Å²) in [4.78, 5) is 0. The third-order valence-electron chi connectivity index (χ3n) is 2.11. The molecule has 0 fully saturated rings. The van der Waals surface area contributed by atoms with Gasteiger partial charge in [0.1, 0.15) is 0 Å². The van der Waals surface area contributed by atoms with E-state index >= 15 is 0 Å². The van der Waals surface area contributed by atoms with Crippen molar-refractivity contribution in [3.63, 3.8) is 0 Å². The van der Waals surface area contributed by atoms with Gasteiger partial charge in [0.2, 0.25) is 0 Å². The molecule has 0 aromatic carbocycles. The fourth-order valence-corrected chi connectivity index (χ4v) is 4.17. The lowest BCUT2D eigenvalue weighted by Crippen LogP contribution is -2.42. The molecule has 86 valence electrons. The van der Waals surface area contributed by atoms with E-state index in [9.17, 15) is 4.57 Å². The lowest BCUT2D eigenvalue weighted by Gasteiger charge is -2.24. The minimum Gasteiger partial charge on any atom is -0.377 e. The maximum Gasteiger partial charge on any atom is 0.500 e. The monoisotopic (exact) mass is 240 g/mol. The van der Waals surface area contributed by atoms with Crippen LogP contribution in [0.3, 0.4) is 0 Å². The average molecular weight is 240 g/mol. The first-order valence-corrected chi connectivity index (χ1v) is 9.30. The van der Waals surface area contributed by atoms with Crippen LogP contribution in [0.2, 0.25) is 6.04 Å². The Kier molecular flexibility index (Phi) is 6.17. The molecule has 0 spiro atoms. The minimum atomic E-state index is -2.44. The van der Waals surface area contributed by atoms with Crippen LogP contribution in [0, 0.1) is 0 Å². The minimum absolute atomic E-state index is 0.720. The standard InChI is InChI=1S/C8H21O4PSi/c1-10-14(11-2,12-3)8-6-7-13(4,5)9/h6-8H2,1-5H3. The zero-order chi connectivity index (χ0) is 11.2. The predicted octanol–water partition coefficient (Wildman–Crippen LogP) is 1.88. The van der Waals surface area contributed by atoms with Crippen molar-refractivity contribution >= 4 is 15.9 Å². The van der Waals surface area contributed by atoms with Crippen molar-refractivity contribution in [1.82, 2.24) is 0 Å². The molecule has 0 aliphatic heterocycles. The van der Waals surface area contributed by atoms with Crippen LogP contribution in [0.1, 0.15) is 6.42 Å². The lowest BCUT2D eigenvalue weighted by atomic mass is 10.6. The molecule has 0 amide bonds. The molecular formula is C8H21O4PSi. The third kappa shape index (κ3) is 5.27. The van der Waals surface area contributed by atoms with E-state index in [1.54, 1.807) is 34.7 Å². The first-order valence-electron chi connectivity index (χ1n) is 4.58. The first kappa shape index (κ1) is 14.3. The molecule has 0 aliphatic carbocycles. The quantitative estimate of drug-likeness (QED) is 0.503. The van der Waals surface area contributed by atoms with Gasteiger partial charge in [0.25, 0.3) is 0 Å². The van der Waals surface area contributed by atoms with E-state index in [4.69, 9.17) is 13.3 Å². The van der Waals surface area contributed by atoms with Crippen LogP contribution in [0.15, 0.2) is 0 Å². The Balaban J connectivity index is 4.01. The molecular weight excluding hydrogens is 219 g/mol. The summed E-state index contributed by atoms with van der Waals surface area (Å²) in [5, 5.41) is 0. The largest absolute Gasteiger partial charge is 0.500 e. The molecule has 0 rings (SSSR count). The predicted molar refractivity (Wildman–Crippen MR) is 60.5 cm³/mol. The molecule has 0 N–H and O–H groups in total. The van der Waals surface area contributed by atoms with Gasteiger partial charge in [0, 0.05) is 33.5 Å². The van der Waals surface area contributed by atoms with E-state index in [0.29, 0.717) is 0 Å². The van der Waals surface area contributed by atoms with Gasteiger partial charge in [0.15, 0.2) is 0 Å². The van der Waals surface area contributed by atoms with Crippen LogP contribution in [-0.4, -0.2) is 49.6 Å². The van der Waals surface area contributed by atoms with Crippen LogP contribution in [0.4, 0.5) is 0 Å². The highest BCUT2D eigenvalue weighted by atomic mass is 31.2. The zero-order valence-electron chi connectivity index (χ0n) is 9.70. The molecule has 0 saturated carbocycles. The summed E-state index contributed by atoms with van der Waals surface area (Å²) < 4.78 is 27.2.